The van der Waals surface area contributed by atoms with Gasteiger partial charge in [-0.05, 0) is 50.3 Å². The molecule has 0 aliphatic heterocycles. The summed E-state index contributed by atoms with van der Waals surface area (Å²) in [5.41, 5.74) is 1.02. The number of anilines is 1. The maximum absolute atomic E-state index is 13.7. The average Bonchev–Trinajstić information content (AvgIpc) is 3.36. The minimum atomic E-state index is -3.80. The van der Waals surface area contributed by atoms with Crippen molar-refractivity contribution in [3.63, 3.8) is 0 Å². The van der Waals surface area contributed by atoms with Gasteiger partial charge in [0.05, 0.1) is 11.9 Å². The molecule has 1 fully saturated rings. The van der Waals surface area contributed by atoms with Crippen LogP contribution in [0.2, 0.25) is 0 Å². The summed E-state index contributed by atoms with van der Waals surface area (Å²) in [7, 11) is -3.80. The van der Waals surface area contributed by atoms with Crippen molar-refractivity contribution in [2.45, 2.75) is 64.0 Å². The van der Waals surface area contributed by atoms with Gasteiger partial charge >= 0.3 is 0 Å². The third-order valence-electron chi connectivity index (χ3n) is 6.70. The van der Waals surface area contributed by atoms with Crippen LogP contribution in [0.15, 0.2) is 48.5 Å². The van der Waals surface area contributed by atoms with E-state index in [0.29, 0.717) is 13.0 Å². The van der Waals surface area contributed by atoms with Gasteiger partial charge < -0.3 is 10.2 Å². The lowest BCUT2D eigenvalue weighted by Gasteiger charge is -2.30. The highest BCUT2D eigenvalue weighted by atomic mass is 32.2. The summed E-state index contributed by atoms with van der Waals surface area (Å²) < 4.78 is 52.7. The van der Waals surface area contributed by atoms with Crippen LogP contribution in [0.1, 0.15) is 51.0 Å². The Balaban J connectivity index is 1.68. The molecule has 0 radical (unpaired) electrons. The molecule has 1 N–H and O–H groups in total. The monoisotopic (exact) mass is 535 g/mol. The fourth-order valence-electron chi connectivity index (χ4n) is 4.61. The predicted octanol–water partition coefficient (Wildman–Crippen LogP) is 4.03. The van der Waals surface area contributed by atoms with E-state index >= 15 is 0 Å². The first-order valence-corrected chi connectivity index (χ1v) is 14.5. The highest BCUT2D eigenvalue weighted by molar-refractivity contribution is 7.92. The lowest BCUT2D eigenvalue weighted by molar-refractivity contribution is -0.140. The smallest absolute Gasteiger partial charge is 0.242 e. The van der Waals surface area contributed by atoms with E-state index < -0.39 is 27.7 Å². The van der Waals surface area contributed by atoms with Gasteiger partial charge in [0.15, 0.2) is 11.6 Å². The maximum Gasteiger partial charge on any atom is 0.242 e. The fraction of sp³-hybridized carbons (Fsp3) is 0.481. The highest BCUT2D eigenvalue weighted by Gasteiger charge is 2.28. The van der Waals surface area contributed by atoms with Crippen molar-refractivity contribution in [1.82, 2.24) is 10.2 Å². The van der Waals surface area contributed by atoms with Crippen LogP contribution in [0.3, 0.4) is 0 Å². The van der Waals surface area contributed by atoms with Crippen LogP contribution >= 0.6 is 0 Å². The molecule has 37 heavy (non-hydrogen) atoms. The van der Waals surface area contributed by atoms with E-state index in [1.807, 2.05) is 30.3 Å². The lowest BCUT2D eigenvalue weighted by atomic mass is 10.1. The summed E-state index contributed by atoms with van der Waals surface area (Å²) in [6, 6.07) is 12.0. The Bertz CT molecular complexity index is 1170. The number of hydrogen-bond acceptors (Lipinski definition) is 4. The van der Waals surface area contributed by atoms with Crippen molar-refractivity contribution in [2.75, 3.05) is 23.7 Å². The molecule has 7 nitrogen and oxygen atoms in total. The van der Waals surface area contributed by atoms with Crippen LogP contribution in [-0.4, -0.2) is 56.6 Å². The maximum atomic E-state index is 13.7. The highest BCUT2D eigenvalue weighted by Crippen LogP contribution is 2.22. The van der Waals surface area contributed by atoms with Gasteiger partial charge in [-0.1, -0.05) is 43.2 Å². The second kappa shape index (κ2) is 13.0. The number of carbonyl (C=O) groups is 2. The zero-order valence-corrected chi connectivity index (χ0v) is 22.1. The summed E-state index contributed by atoms with van der Waals surface area (Å²) in [6.45, 7) is 1.95. The number of nitrogens with zero attached hydrogens (tertiary/aromatic N) is 2. The molecular formula is C27H35F2N3O4S. The Kier molecular flexibility index (Phi) is 10.0. The molecule has 10 heteroatoms. The number of nitrogens with one attached hydrogen (secondary N) is 1. The van der Waals surface area contributed by atoms with Crippen molar-refractivity contribution in [3.8, 4) is 0 Å². The predicted molar refractivity (Wildman–Crippen MR) is 140 cm³/mol. The SMILES string of the molecule is C[C@@H](C(=O)NC1CCCC1)N(CCc1ccccc1)C(=O)CCCN(c1ccc(F)c(F)c1)S(C)(=O)=O. The zero-order chi connectivity index (χ0) is 27.0. The van der Waals surface area contributed by atoms with Gasteiger partial charge in [-0.25, -0.2) is 17.2 Å². The van der Waals surface area contributed by atoms with E-state index in [1.54, 1.807) is 11.8 Å². The average molecular weight is 536 g/mol. The Morgan fingerprint density at radius 3 is 2.32 bits per heavy atom. The molecule has 0 saturated heterocycles. The normalized spacial score (nSPS) is 14.8. The number of halogens is 2. The van der Waals surface area contributed by atoms with Gasteiger partial charge in [0.2, 0.25) is 21.8 Å². The van der Waals surface area contributed by atoms with Crippen LogP contribution in [-0.2, 0) is 26.0 Å². The molecule has 0 aromatic heterocycles. The van der Waals surface area contributed by atoms with Crippen LogP contribution in [0.4, 0.5) is 14.5 Å². The molecule has 0 heterocycles. The number of carbonyl (C=O) groups excluding carboxylic acids is 2. The van der Waals surface area contributed by atoms with Gasteiger partial charge in [0, 0.05) is 31.6 Å². The van der Waals surface area contributed by atoms with E-state index in [1.165, 1.54) is 6.07 Å². The topological polar surface area (TPSA) is 86.8 Å². The van der Waals surface area contributed by atoms with Gasteiger partial charge in [-0.15, -0.1) is 0 Å². The molecular weight excluding hydrogens is 500 g/mol. The van der Waals surface area contributed by atoms with Gasteiger partial charge in [-0.3, -0.25) is 13.9 Å². The van der Waals surface area contributed by atoms with Gasteiger partial charge in [0.25, 0.3) is 0 Å². The molecule has 0 unspecified atom stereocenters. The number of rotatable bonds is 12. The Hall–Kier alpha value is -3.01. The van der Waals surface area contributed by atoms with Gasteiger partial charge in [0.1, 0.15) is 6.04 Å². The second-order valence-electron chi connectivity index (χ2n) is 9.53. The quantitative estimate of drug-likeness (QED) is 0.445. The van der Waals surface area contributed by atoms with Gasteiger partial charge in [-0.2, -0.15) is 0 Å². The first kappa shape index (κ1) is 28.6. The number of sulfonamides is 1. The molecule has 202 valence electrons. The Morgan fingerprint density at radius 1 is 1.03 bits per heavy atom. The Labute approximate surface area is 217 Å². The molecule has 1 saturated carbocycles. The minimum Gasteiger partial charge on any atom is -0.352 e. The van der Waals surface area contributed by atoms with Crippen molar-refractivity contribution >= 4 is 27.5 Å². The van der Waals surface area contributed by atoms with Crippen molar-refractivity contribution in [2.24, 2.45) is 0 Å². The largest absolute Gasteiger partial charge is 0.352 e. The second-order valence-corrected chi connectivity index (χ2v) is 11.4. The molecule has 0 bridgehead atoms. The van der Waals surface area contributed by atoms with E-state index in [2.05, 4.69) is 5.32 Å². The van der Waals surface area contributed by atoms with Crippen LogP contribution in [0.5, 0.6) is 0 Å². The number of benzene rings is 2. The molecule has 2 aromatic rings. The fourth-order valence-corrected chi connectivity index (χ4v) is 5.56. The molecule has 3 rings (SSSR count). The van der Waals surface area contributed by atoms with E-state index in [0.717, 1.165) is 53.9 Å². The first-order valence-electron chi connectivity index (χ1n) is 12.6. The molecule has 1 aliphatic carbocycles. The van der Waals surface area contributed by atoms with Crippen molar-refractivity contribution in [1.29, 1.82) is 0 Å². The number of amides is 2. The van der Waals surface area contributed by atoms with Crippen molar-refractivity contribution in [3.05, 3.63) is 65.7 Å². The summed E-state index contributed by atoms with van der Waals surface area (Å²) in [5.74, 6) is -2.71. The first-order chi connectivity index (χ1) is 17.6. The van der Waals surface area contributed by atoms with Crippen LogP contribution < -0.4 is 9.62 Å². The van der Waals surface area contributed by atoms with Crippen LogP contribution in [0.25, 0.3) is 0 Å². The third kappa shape index (κ3) is 8.24. The molecule has 2 amide bonds. The standard InChI is InChI=1S/C27H35F2N3O4S/c1-20(27(34)30-22-11-6-7-12-22)31(18-16-21-9-4-3-5-10-21)26(33)13-8-17-32(37(2,35)36)23-14-15-24(28)25(29)19-23/h3-5,9-10,14-15,19-20,22H,6-8,11-13,16-18H2,1-2H3,(H,30,34)/t20-/m0/s1. The summed E-state index contributed by atoms with van der Waals surface area (Å²) in [4.78, 5) is 27.8. The molecule has 1 atom stereocenters. The zero-order valence-electron chi connectivity index (χ0n) is 21.3. The van der Waals surface area contributed by atoms with E-state index in [9.17, 15) is 26.8 Å². The van der Waals surface area contributed by atoms with E-state index in [-0.39, 0.29) is 42.9 Å². The third-order valence-corrected chi connectivity index (χ3v) is 7.89. The van der Waals surface area contributed by atoms with E-state index in [4.69, 9.17) is 0 Å². The summed E-state index contributed by atoms with van der Waals surface area (Å²) >= 11 is 0. The lowest BCUT2D eigenvalue weighted by Crippen LogP contribution is -2.50. The molecule has 2 aromatic carbocycles. The van der Waals surface area contributed by atoms with Crippen molar-refractivity contribution < 1.29 is 26.8 Å². The number of hydrogen-bond donors (Lipinski definition) is 1. The summed E-state index contributed by atoms with van der Waals surface area (Å²) in [5, 5.41) is 3.05. The molecule has 0 spiro atoms. The molecule has 1 aliphatic rings. The Morgan fingerprint density at radius 2 is 1.70 bits per heavy atom. The van der Waals surface area contributed by atoms with Crippen LogP contribution in [0, 0.1) is 11.6 Å². The minimum absolute atomic E-state index is 0.00840. The summed E-state index contributed by atoms with van der Waals surface area (Å²) in [6.07, 6.45) is 5.68.